The molecule has 0 fully saturated rings. The maximum Gasteiger partial charge on any atom is 0.491 e. The summed E-state index contributed by atoms with van der Waals surface area (Å²) in [5, 5.41) is -0.0784. The van der Waals surface area contributed by atoms with E-state index in [1.807, 2.05) is 0 Å². The molecular weight excluding hydrogens is 366 g/mol. The molecule has 2 heterocycles. The molecule has 0 radical (unpaired) electrons. The van der Waals surface area contributed by atoms with Crippen LogP contribution in [0.25, 0.3) is 10.9 Å². The number of nitrogens with zero attached hydrogens (tertiary/aromatic N) is 2. The Morgan fingerprint density at radius 3 is 2.27 bits per heavy atom. The standard InChI is InChI=1S/C16H14F6N2O2/c1-8-9(2)26-14-10-3-6-13(25)24(16(20,21)22)11(10)4-5-12(14)23(8)7-15(17,18)19/h3-6,8-9H,7H2,1-2H3/t8-,9+/m1/s1. The van der Waals surface area contributed by atoms with Crippen LogP contribution in [0.5, 0.6) is 5.75 Å². The fourth-order valence-electron chi connectivity index (χ4n) is 3.07. The second-order valence-electron chi connectivity index (χ2n) is 6.13. The van der Waals surface area contributed by atoms with Crippen LogP contribution in [0.4, 0.5) is 32.0 Å². The average Bonchev–Trinajstić information content (AvgIpc) is 2.48. The number of aromatic nitrogens is 1. The van der Waals surface area contributed by atoms with Gasteiger partial charge >= 0.3 is 12.5 Å². The molecule has 3 rings (SSSR count). The smallest absolute Gasteiger partial charge is 0.486 e. The van der Waals surface area contributed by atoms with Gasteiger partial charge in [-0.2, -0.15) is 13.2 Å². The van der Waals surface area contributed by atoms with E-state index < -0.39 is 42.2 Å². The Morgan fingerprint density at radius 2 is 1.69 bits per heavy atom. The van der Waals surface area contributed by atoms with E-state index in [1.54, 1.807) is 6.92 Å². The number of fused-ring (bicyclic) bond motifs is 3. The van der Waals surface area contributed by atoms with Gasteiger partial charge in [-0.3, -0.25) is 4.79 Å². The molecule has 2 atom stereocenters. The molecule has 1 aliphatic heterocycles. The molecule has 0 amide bonds. The molecular formula is C16H14F6N2O2. The summed E-state index contributed by atoms with van der Waals surface area (Å²) in [7, 11) is 0. The van der Waals surface area contributed by atoms with Crippen LogP contribution in [-0.4, -0.2) is 29.4 Å². The Balaban J connectivity index is 2.27. The fourth-order valence-corrected chi connectivity index (χ4v) is 3.07. The van der Waals surface area contributed by atoms with Crippen LogP contribution in [-0.2, 0) is 6.30 Å². The molecule has 4 nitrogen and oxygen atoms in total. The number of hydrogen-bond donors (Lipinski definition) is 0. The van der Waals surface area contributed by atoms with Gasteiger partial charge in [0.15, 0.2) is 5.75 Å². The molecule has 0 saturated carbocycles. The molecule has 26 heavy (non-hydrogen) atoms. The molecule has 142 valence electrons. The summed E-state index contributed by atoms with van der Waals surface area (Å²) in [4.78, 5) is 12.7. The van der Waals surface area contributed by atoms with E-state index in [2.05, 4.69) is 0 Å². The second-order valence-corrected chi connectivity index (χ2v) is 6.13. The lowest BCUT2D eigenvalue weighted by atomic mass is 10.0. The Morgan fingerprint density at radius 1 is 1.04 bits per heavy atom. The number of hydrogen-bond acceptors (Lipinski definition) is 3. The zero-order valence-corrected chi connectivity index (χ0v) is 13.6. The minimum Gasteiger partial charge on any atom is -0.486 e. The van der Waals surface area contributed by atoms with Crippen LogP contribution in [0.15, 0.2) is 29.1 Å². The Labute approximate surface area is 143 Å². The molecule has 0 bridgehead atoms. The first kappa shape index (κ1) is 18.4. The minimum atomic E-state index is -4.97. The van der Waals surface area contributed by atoms with Gasteiger partial charge in [-0.25, -0.2) is 4.57 Å². The van der Waals surface area contributed by atoms with Gasteiger partial charge in [0.25, 0.3) is 5.56 Å². The summed E-state index contributed by atoms with van der Waals surface area (Å²) >= 11 is 0. The summed E-state index contributed by atoms with van der Waals surface area (Å²) in [5.74, 6) is -0.102. The number of pyridine rings is 1. The van der Waals surface area contributed by atoms with Gasteiger partial charge in [0.1, 0.15) is 12.6 Å². The molecule has 0 spiro atoms. The van der Waals surface area contributed by atoms with Crippen molar-refractivity contribution in [3.63, 3.8) is 0 Å². The van der Waals surface area contributed by atoms with Crippen molar-refractivity contribution in [3.8, 4) is 5.75 Å². The predicted octanol–water partition coefficient (Wildman–Crippen LogP) is 4.02. The molecule has 0 unspecified atom stereocenters. The summed E-state index contributed by atoms with van der Waals surface area (Å²) in [5.41, 5.74) is -1.72. The molecule has 0 N–H and O–H groups in total. The molecule has 0 saturated heterocycles. The van der Waals surface area contributed by atoms with E-state index in [4.69, 9.17) is 4.74 Å². The third kappa shape index (κ3) is 3.08. The highest BCUT2D eigenvalue weighted by atomic mass is 19.4. The van der Waals surface area contributed by atoms with Crippen molar-refractivity contribution in [2.75, 3.05) is 11.4 Å². The largest absolute Gasteiger partial charge is 0.491 e. The summed E-state index contributed by atoms with van der Waals surface area (Å²) in [6.45, 7) is 1.81. The molecule has 0 aliphatic carbocycles. The van der Waals surface area contributed by atoms with Crippen LogP contribution >= 0.6 is 0 Å². The highest BCUT2D eigenvalue weighted by Gasteiger charge is 2.40. The number of halogens is 6. The van der Waals surface area contributed by atoms with Crippen molar-refractivity contribution in [1.82, 2.24) is 4.57 Å². The van der Waals surface area contributed by atoms with E-state index in [0.29, 0.717) is 0 Å². The lowest BCUT2D eigenvalue weighted by Crippen LogP contribution is -2.50. The van der Waals surface area contributed by atoms with Crippen molar-refractivity contribution in [2.45, 2.75) is 38.5 Å². The van der Waals surface area contributed by atoms with E-state index >= 15 is 0 Å². The number of alkyl halides is 6. The van der Waals surface area contributed by atoms with Crippen LogP contribution < -0.4 is 15.2 Å². The summed E-state index contributed by atoms with van der Waals surface area (Å²) < 4.78 is 83.7. The van der Waals surface area contributed by atoms with E-state index in [9.17, 15) is 31.1 Å². The van der Waals surface area contributed by atoms with Crippen molar-refractivity contribution in [2.24, 2.45) is 0 Å². The number of ether oxygens (including phenoxy) is 1. The van der Waals surface area contributed by atoms with Gasteiger partial charge in [-0.1, -0.05) is 0 Å². The first-order valence-electron chi connectivity index (χ1n) is 7.66. The van der Waals surface area contributed by atoms with Crippen molar-refractivity contribution >= 4 is 16.6 Å². The number of rotatable bonds is 1. The van der Waals surface area contributed by atoms with Gasteiger partial charge in [0.05, 0.1) is 17.2 Å². The fraction of sp³-hybridized carbons (Fsp3) is 0.438. The maximum atomic E-state index is 13.2. The first-order chi connectivity index (χ1) is 11.9. The molecule has 1 aromatic heterocycles. The monoisotopic (exact) mass is 380 g/mol. The van der Waals surface area contributed by atoms with E-state index in [-0.39, 0.29) is 21.4 Å². The lowest BCUT2D eigenvalue weighted by Gasteiger charge is -2.41. The highest BCUT2D eigenvalue weighted by molar-refractivity contribution is 5.92. The first-order valence-corrected chi connectivity index (χ1v) is 7.66. The average molecular weight is 380 g/mol. The van der Waals surface area contributed by atoms with Gasteiger partial charge in [-0.15, -0.1) is 13.2 Å². The van der Waals surface area contributed by atoms with E-state index in [1.165, 1.54) is 6.92 Å². The van der Waals surface area contributed by atoms with Crippen LogP contribution in [0.1, 0.15) is 13.8 Å². The van der Waals surface area contributed by atoms with Crippen LogP contribution in [0.3, 0.4) is 0 Å². The van der Waals surface area contributed by atoms with Gasteiger partial charge in [-0.05, 0) is 32.0 Å². The Hall–Kier alpha value is -2.39. The van der Waals surface area contributed by atoms with Crippen LogP contribution in [0.2, 0.25) is 0 Å². The topological polar surface area (TPSA) is 34.5 Å². The number of benzene rings is 1. The third-order valence-corrected chi connectivity index (χ3v) is 4.39. The Bertz CT molecular complexity index is 902. The van der Waals surface area contributed by atoms with Crippen molar-refractivity contribution in [1.29, 1.82) is 0 Å². The molecule has 10 heteroatoms. The third-order valence-electron chi connectivity index (χ3n) is 4.39. The zero-order chi connectivity index (χ0) is 19.4. The van der Waals surface area contributed by atoms with Crippen molar-refractivity contribution in [3.05, 3.63) is 34.6 Å². The number of anilines is 1. The zero-order valence-electron chi connectivity index (χ0n) is 13.6. The highest BCUT2D eigenvalue weighted by Crippen LogP contribution is 2.43. The maximum absolute atomic E-state index is 13.2. The Kier molecular flexibility index (Phi) is 4.12. The summed E-state index contributed by atoms with van der Waals surface area (Å²) in [6, 6.07) is 3.31. The van der Waals surface area contributed by atoms with Gasteiger partial charge < -0.3 is 9.64 Å². The molecule has 1 aromatic carbocycles. The second kappa shape index (κ2) is 5.82. The van der Waals surface area contributed by atoms with E-state index in [0.717, 1.165) is 29.2 Å². The summed E-state index contributed by atoms with van der Waals surface area (Å²) in [6.07, 6.45) is -10.2. The molecule has 1 aliphatic rings. The molecule has 2 aromatic rings. The lowest BCUT2D eigenvalue weighted by molar-refractivity contribution is -0.202. The van der Waals surface area contributed by atoms with Crippen LogP contribution in [0, 0.1) is 0 Å². The normalized spacial score (nSPS) is 20.8. The quantitative estimate of drug-likeness (QED) is 0.701. The SMILES string of the molecule is C[C@@H]1Oc2c(ccc3c2ccc(=O)n3C(F)(F)F)N(CC(F)(F)F)[C@@H]1C. The van der Waals surface area contributed by atoms with Gasteiger partial charge in [0.2, 0.25) is 0 Å². The predicted molar refractivity (Wildman–Crippen MR) is 82.5 cm³/mol. The van der Waals surface area contributed by atoms with Gasteiger partial charge in [0, 0.05) is 11.5 Å². The minimum absolute atomic E-state index is 0.0350. The van der Waals surface area contributed by atoms with Crippen molar-refractivity contribution < 1.29 is 31.1 Å².